The number of hydrogen-bond acceptors (Lipinski definition) is 4. The van der Waals surface area contributed by atoms with E-state index >= 15 is 0 Å². The van der Waals surface area contributed by atoms with Crippen LogP contribution in [0.5, 0.6) is 0 Å². The summed E-state index contributed by atoms with van der Waals surface area (Å²) in [6.07, 6.45) is 5.20. The molecule has 2 N–H and O–H groups in total. The van der Waals surface area contributed by atoms with Crippen molar-refractivity contribution in [1.82, 2.24) is 5.32 Å². The monoisotopic (exact) mass is 343 g/mol. The van der Waals surface area contributed by atoms with Crippen molar-refractivity contribution in [3.05, 3.63) is 60.1 Å². The molecule has 25 heavy (non-hydrogen) atoms. The van der Waals surface area contributed by atoms with E-state index in [4.69, 9.17) is 9.15 Å². The molecule has 1 aliphatic rings. The highest BCUT2D eigenvalue weighted by molar-refractivity contribution is 5.82. The van der Waals surface area contributed by atoms with E-state index < -0.39 is 11.7 Å². The van der Waals surface area contributed by atoms with Crippen molar-refractivity contribution in [2.75, 3.05) is 6.54 Å². The second-order valence-electron chi connectivity index (χ2n) is 6.80. The van der Waals surface area contributed by atoms with Crippen LogP contribution in [0, 0.1) is 0 Å². The van der Waals surface area contributed by atoms with Crippen LogP contribution < -0.4 is 5.32 Å². The fraction of sp³-hybridized carbons (Fsp3) is 0.450. The Labute approximate surface area is 148 Å². The van der Waals surface area contributed by atoms with E-state index in [0.29, 0.717) is 5.76 Å². The van der Waals surface area contributed by atoms with Crippen molar-refractivity contribution >= 4 is 5.91 Å². The third-order valence-corrected chi connectivity index (χ3v) is 4.63. The average molecular weight is 343 g/mol. The highest BCUT2D eigenvalue weighted by Crippen LogP contribution is 2.28. The van der Waals surface area contributed by atoms with Gasteiger partial charge in [0.15, 0.2) is 6.10 Å². The third kappa shape index (κ3) is 4.50. The Kier molecular flexibility index (Phi) is 5.56. The normalized spacial score (nSPS) is 18.6. The van der Waals surface area contributed by atoms with Gasteiger partial charge in [0.05, 0.1) is 18.9 Å². The van der Waals surface area contributed by atoms with E-state index in [1.54, 1.807) is 19.1 Å². The Balaban J connectivity index is 1.68. The highest BCUT2D eigenvalue weighted by atomic mass is 16.5. The lowest BCUT2D eigenvalue weighted by molar-refractivity contribution is -0.138. The van der Waals surface area contributed by atoms with Crippen LogP contribution in [0.2, 0.25) is 0 Å². The van der Waals surface area contributed by atoms with Crippen LogP contribution in [0.25, 0.3) is 0 Å². The lowest BCUT2D eigenvalue weighted by Crippen LogP contribution is -2.41. The molecule has 1 aliphatic carbocycles. The van der Waals surface area contributed by atoms with Crippen molar-refractivity contribution in [3.8, 4) is 0 Å². The zero-order valence-electron chi connectivity index (χ0n) is 14.5. The Morgan fingerprint density at radius 2 is 2.00 bits per heavy atom. The summed E-state index contributed by atoms with van der Waals surface area (Å²) in [6, 6.07) is 12.9. The van der Waals surface area contributed by atoms with E-state index in [1.807, 2.05) is 30.3 Å². The summed E-state index contributed by atoms with van der Waals surface area (Å²) in [5.41, 5.74) is -0.446. The molecular weight excluding hydrogens is 318 g/mol. The number of benzene rings is 1. The van der Waals surface area contributed by atoms with Gasteiger partial charge in [-0.15, -0.1) is 0 Å². The second kappa shape index (κ2) is 7.85. The van der Waals surface area contributed by atoms with Crippen molar-refractivity contribution in [3.63, 3.8) is 0 Å². The van der Waals surface area contributed by atoms with E-state index in [9.17, 15) is 9.90 Å². The van der Waals surface area contributed by atoms with E-state index in [1.165, 1.54) is 6.26 Å². The maximum Gasteiger partial charge on any atom is 0.253 e. The summed E-state index contributed by atoms with van der Waals surface area (Å²) < 4.78 is 11.3. The first-order valence-corrected chi connectivity index (χ1v) is 8.81. The molecular formula is C20H25NO4. The molecule has 0 radical (unpaired) electrons. The molecule has 0 saturated heterocycles. The molecule has 0 spiro atoms. The number of amides is 1. The summed E-state index contributed by atoms with van der Waals surface area (Å²) in [6.45, 7) is 1.66. The van der Waals surface area contributed by atoms with E-state index in [2.05, 4.69) is 5.32 Å². The molecule has 2 unspecified atom stereocenters. The zero-order valence-corrected chi connectivity index (χ0v) is 14.5. The summed E-state index contributed by atoms with van der Waals surface area (Å²) in [5.74, 6) is 0.172. The predicted molar refractivity (Wildman–Crippen MR) is 93.8 cm³/mol. The van der Waals surface area contributed by atoms with Gasteiger partial charge in [0.2, 0.25) is 0 Å². The van der Waals surface area contributed by atoms with Crippen LogP contribution in [0.4, 0.5) is 0 Å². The summed E-state index contributed by atoms with van der Waals surface area (Å²) in [5, 5.41) is 13.3. The van der Waals surface area contributed by atoms with Gasteiger partial charge in [-0.05, 0) is 37.5 Å². The Hall–Kier alpha value is -2.11. The summed E-state index contributed by atoms with van der Waals surface area (Å²) >= 11 is 0. The third-order valence-electron chi connectivity index (χ3n) is 4.63. The minimum absolute atomic E-state index is 0.0523. The topological polar surface area (TPSA) is 71.7 Å². The molecule has 0 bridgehead atoms. The minimum Gasteiger partial charge on any atom is -0.466 e. The molecule has 1 fully saturated rings. The molecule has 1 saturated carbocycles. The van der Waals surface area contributed by atoms with Crippen LogP contribution in [0.3, 0.4) is 0 Å². The number of nitrogens with one attached hydrogen (secondary N) is 1. The van der Waals surface area contributed by atoms with Gasteiger partial charge >= 0.3 is 0 Å². The molecule has 1 heterocycles. The number of carbonyl (C=O) groups is 1. The smallest absolute Gasteiger partial charge is 0.253 e. The standard InChI is InChI=1S/C20H25NO4/c1-20(23,17-12-7-13-24-17)14-21-19(22)18(15-8-3-2-4-9-15)25-16-10-5-6-11-16/h2-4,7-9,12-13,16,18,23H,5-6,10-11,14H2,1H3,(H,21,22). The first kappa shape index (κ1) is 17.7. The Bertz CT molecular complexity index is 660. The maximum absolute atomic E-state index is 12.8. The largest absolute Gasteiger partial charge is 0.466 e. The van der Waals surface area contributed by atoms with Crippen LogP contribution in [0.1, 0.15) is 50.0 Å². The molecule has 1 aromatic carbocycles. The van der Waals surface area contributed by atoms with Gasteiger partial charge in [0.25, 0.3) is 5.91 Å². The van der Waals surface area contributed by atoms with Gasteiger partial charge in [-0.1, -0.05) is 43.2 Å². The second-order valence-corrected chi connectivity index (χ2v) is 6.80. The number of rotatable bonds is 7. The van der Waals surface area contributed by atoms with Crippen LogP contribution >= 0.6 is 0 Å². The Morgan fingerprint density at radius 3 is 2.64 bits per heavy atom. The fourth-order valence-electron chi connectivity index (χ4n) is 3.16. The molecule has 3 rings (SSSR count). The van der Waals surface area contributed by atoms with Crippen molar-refractivity contribution in [1.29, 1.82) is 0 Å². The zero-order chi connectivity index (χ0) is 17.7. The molecule has 2 aromatic rings. The van der Waals surface area contributed by atoms with Crippen molar-refractivity contribution in [2.24, 2.45) is 0 Å². The Morgan fingerprint density at radius 1 is 1.28 bits per heavy atom. The molecule has 2 atom stereocenters. The maximum atomic E-state index is 12.8. The van der Waals surface area contributed by atoms with Crippen LogP contribution in [0.15, 0.2) is 53.1 Å². The average Bonchev–Trinajstić information content (AvgIpc) is 3.32. The number of furan rings is 1. The molecule has 0 aliphatic heterocycles. The van der Waals surface area contributed by atoms with Gasteiger partial charge in [-0.2, -0.15) is 0 Å². The quantitative estimate of drug-likeness (QED) is 0.809. The van der Waals surface area contributed by atoms with E-state index in [0.717, 1.165) is 31.2 Å². The van der Waals surface area contributed by atoms with Crippen molar-refractivity contribution < 1.29 is 19.1 Å². The van der Waals surface area contributed by atoms with Gasteiger partial charge < -0.3 is 19.6 Å². The minimum atomic E-state index is -1.27. The molecule has 5 heteroatoms. The first-order chi connectivity index (χ1) is 12.1. The van der Waals surface area contributed by atoms with Crippen molar-refractivity contribution in [2.45, 2.75) is 50.4 Å². The lowest BCUT2D eigenvalue weighted by atomic mass is 10.0. The number of carbonyl (C=O) groups excluding carboxylic acids is 1. The highest BCUT2D eigenvalue weighted by Gasteiger charge is 2.31. The number of aliphatic hydroxyl groups is 1. The predicted octanol–water partition coefficient (Wildman–Crippen LogP) is 3.30. The first-order valence-electron chi connectivity index (χ1n) is 8.81. The van der Waals surface area contributed by atoms with Gasteiger partial charge in [-0.3, -0.25) is 4.79 Å². The van der Waals surface area contributed by atoms with Gasteiger partial charge in [-0.25, -0.2) is 0 Å². The molecule has 134 valence electrons. The van der Waals surface area contributed by atoms with E-state index in [-0.39, 0.29) is 18.6 Å². The number of hydrogen-bond donors (Lipinski definition) is 2. The van der Waals surface area contributed by atoms with Gasteiger partial charge in [0, 0.05) is 0 Å². The van der Waals surface area contributed by atoms with Gasteiger partial charge in [0.1, 0.15) is 11.4 Å². The molecule has 5 nitrogen and oxygen atoms in total. The summed E-state index contributed by atoms with van der Waals surface area (Å²) in [7, 11) is 0. The van der Waals surface area contributed by atoms with Crippen LogP contribution in [-0.4, -0.2) is 23.7 Å². The molecule has 1 amide bonds. The lowest BCUT2D eigenvalue weighted by Gasteiger charge is -2.25. The number of ether oxygens (including phenoxy) is 1. The van der Waals surface area contributed by atoms with Crippen LogP contribution in [-0.2, 0) is 15.1 Å². The molecule has 1 aromatic heterocycles. The SMILES string of the molecule is CC(O)(CNC(=O)C(OC1CCCC1)c1ccccc1)c1ccco1. The fourth-order valence-corrected chi connectivity index (χ4v) is 3.16. The summed E-state index contributed by atoms with van der Waals surface area (Å²) in [4.78, 5) is 12.8.